The number of para-hydroxylation sites is 1. The lowest BCUT2D eigenvalue weighted by Gasteiger charge is -2.23. The molecule has 0 aliphatic rings. The molecule has 5 N–H and O–H groups in total. The van der Waals surface area contributed by atoms with Gasteiger partial charge in [-0.15, -0.1) is 0 Å². The van der Waals surface area contributed by atoms with Crippen molar-refractivity contribution in [3.8, 4) is 17.6 Å². The van der Waals surface area contributed by atoms with Gasteiger partial charge >= 0.3 is 0 Å². The number of aryl methyl sites for hydroxylation is 1. The highest BCUT2D eigenvalue weighted by molar-refractivity contribution is 5.96. The fraction of sp³-hybridized carbons (Fsp3) is 0.294. The van der Waals surface area contributed by atoms with Crippen LogP contribution in [0.4, 0.5) is 0 Å². The first kappa shape index (κ1) is 29.4. The summed E-state index contributed by atoms with van der Waals surface area (Å²) in [5.41, 5.74) is 11.4. The molecular formula is C34H37N3O4. The van der Waals surface area contributed by atoms with Crippen LogP contribution in [-0.2, 0) is 17.6 Å². The lowest BCUT2D eigenvalue weighted by atomic mass is 9.88. The number of hydrogen-bond acceptors (Lipinski definition) is 4. The zero-order chi connectivity index (χ0) is 29.4. The average Bonchev–Trinajstić information content (AvgIpc) is 3.38. The highest BCUT2D eigenvalue weighted by Crippen LogP contribution is 2.35. The second-order valence-corrected chi connectivity index (χ2v) is 10.4. The summed E-state index contributed by atoms with van der Waals surface area (Å²) in [6.07, 6.45) is 4.37. The number of rotatable bonds is 11. The van der Waals surface area contributed by atoms with Crippen molar-refractivity contribution in [1.29, 1.82) is 0 Å². The third-order valence-electron chi connectivity index (χ3n) is 6.99. The number of nitrogens with one attached hydrogen (secondary N) is 2. The molecular weight excluding hydrogens is 514 g/mol. The van der Waals surface area contributed by atoms with Crippen LogP contribution >= 0.6 is 0 Å². The van der Waals surface area contributed by atoms with E-state index >= 15 is 0 Å². The van der Waals surface area contributed by atoms with Gasteiger partial charge in [0, 0.05) is 53.2 Å². The third kappa shape index (κ3) is 7.56. The van der Waals surface area contributed by atoms with E-state index in [1.165, 1.54) is 0 Å². The van der Waals surface area contributed by atoms with E-state index in [1.807, 2.05) is 74.6 Å². The maximum atomic E-state index is 12.6. The summed E-state index contributed by atoms with van der Waals surface area (Å²) < 4.78 is 6.12. The summed E-state index contributed by atoms with van der Waals surface area (Å²) in [6.45, 7) is 3.63. The van der Waals surface area contributed by atoms with Gasteiger partial charge in [-0.05, 0) is 74.6 Å². The number of aromatic nitrogens is 1. The Hall–Kier alpha value is -4.54. The first-order chi connectivity index (χ1) is 19.8. The second kappa shape index (κ2) is 13.7. The molecule has 0 bridgehead atoms. The smallest absolute Gasteiger partial charge is 0.252 e. The summed E-state index contributed by atoms with van der Waals surface area (Å²) >= 11 is 0. The molecule has 0 unspecified atom stereocenters. The van der Waals surface area contributed by atoms with Crippen LogP contribution in [0.2, 0.25) is 0 Å². The molecule has 1 aromatic heterocycles. The predicted molar refractivity (Wildman–Crippen MR) is 162 cm³/mol. The molecule has 0 saturated heterocycles. The lowest BCUT2D eigenvalue weighted by Crippen LogP contribution is -2.19. The third-order valence-corrected chi connectivity index (χ3v) is 6.99. The van der Waals surface area contributed by atoms with Crippen molar-refractivity contribution in [3.05, 3.63) is 100 Å². The number of hydrogen-bond donors (Lipinski definition) is 4. The molecule has 1 atom stereocenters. The molecule has 7 nitrogen and oxygen atoms in total. The van der Waals surface area contributed by atoms with Gasteiger partial charge in [0.25, 0.3) is 5.91 Å². The van der Waals surface area contributed by atoms with E-state index in [2.05, 4.69) is 22.1 Å². The maximum Gasteiger partial charge on any atom is 0.252 e. The number of nitrogens with two attached hydrogens (primary N) is 1. The Morgan fingerprint density at radius 2 is 1.78 bits per heavy atom. The first-order valence-corrected chi connectivity index (χ1v) is 13.9. The minimum Gasteiger partial charge on any atom is -0.490 e. The number of amides is 2. The van der Waals surface area contributed by atoms with E-state index in [-0.39, 0.29) is 30.1 Å². The number of H-pyrrole nitrogens is 1. The van der Waals surface area contributed by atoms with Crippen LogP contribution in [0.15, 0.2) is 66.9 Å². The Morgan fingerprint density at radius 3 is 2.46 bits per heavy atom. The van der Waals surface area contributed by atoms with Crippen LogP contribution in [0.25, 0.3) is 10.9 Å². The Labute approximate surface area is 241 Å². The van der Waals surface area contributed by atoms with Gasteiger partial charge in [0.1, 0.15) is 5.75 Å². The van der Waals surface area contributed by atoms with E-state index in [0.29, 0.717) is 29.7 Å². The number of aliphatic hydroxyl groups is 1. The number of primary amides is 1. The molecule has 0 aliphatic carbocycles. The molecule has 212 valence electrons. The van der Waals surface area contributed by atoms with Crippen molar-refractivity contribution in [1.82, 2.24) is 10.3 Å². The fourth-order valence-corrected chi connectivity index (χ4v) is 4.89. The summed E-state index contributed by atoms with van der Waals surface area (Å²) in [7, 11) is 1.64. The average molecular weight is 552 g/mol. The van der Waals surface area contributed by atoms with Gasteiger partial charge in [-0.1, -0.05) is 42.2 Å². The largest absolute Gasteiger partial charge is 0.490 e. The van der Waals surface area contributed by atoms with Crippen LogP contribution in [0, 0.1) is 11.8 Å². The molecule has 0 saturated carbocycles. The molecule has 41 heavy (non-hydrogen) atoms. The van der Waals surface area contributed by atoms with Crippen LogP contribution in [0.5, 0.6) is 5.75 Å². The van der Waals surface area contributed by atoms with Crippen LogP contribution in [-0.4, -0.2) is 41.7 Å². The van der Waals surface area contributed by atoms with Crippen molar-refractivity contribution in [2.45, 2.75) is 51.6 Å². The van der Waals surface area contributed by atoms with E-state index in [0.717, 1.165) is 40.4 Å². The van der Waals surface area contributed by atoms with Crippen molar-refractivity contribution in [2.24, 2.45) is 5.73 Å². The van der Waals surface area contributed by atoms with Gasteiger partial charge in [0.15, 0.2) is 0 Å². The number of benzene rings is 3. The zero-order valence-corrected chi connectivity index (χ0v) is 23.8. The molecule has 0 fully saturated rings. The molecule has 7 heteroatoms. The standard InChI is InChI=1S/C34H37N3O4/c1-22(2)41-33-29(27(21-38)19-26-20-37-31-9-5-4-8-28(26)31)17-25(18-30(33)34(35)40)16-15-24-13-11-23(12-14-24)7-6-10-32(39)36-3/h4-5,8-9,11-14,17-18,20,22,27,37-38H,6-7,10,19,21H2,1-3H3,(H2,35,40)(H,36,39)/t27-/m0/s1. The van der Waals surface area contributed by atoms with Crippen molar-refractivity contribution >= 4 is 22.7 Å². The van der Waals surface area contributed by atoms with Crippen molar-refractivity contribution < 1.29 is 19.4 Å². The second-order valence-electron chi connectivity index (χ2n) is 10.4. The Kier molecular flexibility index (Phi) is 9.83. The van der Waals surface area contributed by atoms with Gasteiger partial charge < -0.3 is 25.9 Å². The molecule has 4 rings (SSSR count). The number of fused-ring (bicyclic) bond motifs is 1. The van der Waals surface area contributed by atoms with Gasteiger partial charge in [-0.2, -0.15) is 0 Å². The summed E-state index contributed by atoms with van der Waals surface area (Å²) in [5, 5.41) is 14.3. The monoisotopic (exact) mass is 551 g/mol. The SMILES string of the molecule is CNC(=O)CCCc1ccc(C#Cc2cc(C(N)=O)c(OC(C)C)c([C@H](CO)Cc3c[nH]c4ccccc34)c2)cc1. The number of carbonyl (C=O) groups excluding carboxylic acids is 2. The number of aliphatic hydroxyl groups excluding tert-OH is 1. The molecule has 0 radical (unpaired) electrons. The minimum absolute atomic E-state index is 0.0388. The van der Waals surface area contributed by atoms with E-state index in [9.17, 15) is 14.7 Å². The highest BCUT2D eigenvalue weighted by atomic mass is 16.5. The van der Waals surface area contributed by atoms with Gasteiger partial charge in [-0.25, -0.2) is 0 Å². The first-order valence-electron chi connectivity index (χ1n) is 13.9. The summed E-state index contributed by atoms with van der Waals surface area (Å²) in [4.78, 5) is 27.3. The highest BCUT2D eigenvalue weighted by Gasteiger charge is 2.24. The molecule has 3 aromatic carbocycles. The Morgan fingerprint density at radius 1 is 1.05 bits per heavy atom. The maximum absolute atomic E-state index is 12.6. The molecule has 1 heterocycles. The Bertz CT molecular complexity index is 1580. The number of aromatic amines is 1. The summed E-state index contributed by atoms with van der Waals surface area (Å²) in [6, 6.07) is 19.5. The predicted octanol–water partition coefficient (Wildman–Crippen LogP) is 4.84. The molecule has 2 amide bonds. The van der Waals surface area contributed by atoms with Gasteiger partial charge in [-0.3, -0.25) is 9.59 Å². The minimum atomic E-state index is -0.615. The fourth-order valence-electron chi connectivity index (χ4n) is 4.89. The normalized spacial score (nSPS) is 11.6. The Balaban J connectivity index is 1.66. The van der Waals surface area contributed by atoms with E-state index < -0.39 is 5.91 Å². The van der Waals surface area contributed by atoms with Gasteiger partial charge in [0.2, 0.25) is 5.91 Å². The lowest BCUT2D eigenvalue weighted by molar-refractivity contribution is -0.120. The summed E-state index contributed by atoms with van der Waals surface area (Å²) in [5.74, 6) is 5.81. The van der Waals surface area contributed by atoms with Gasteiger partial charge in [0.05, 0.1) is 18.3 Å². The van der Waals surface area contributed by atoms with E-state index in [1.54, 1.807) is 13.1 Å². The molecule has 0 spiro atoms. The van der Waals surface area contributed by atoms with Crippen molar-refractivity contribution in [3.63, 3.8) is 0 Å². The van der Waals surface area contributed by atoms with Crippen LogP contribution in [0.3, 0.4) is 0 Å². The van der Waals surface area contributed by atoms with E-state index in [4.69, 9.17) is 10.5 Å². The zero-order valence-electron chi connectivity index (χ0n) is 23.8. The molecule has 4 aromatic rings. The number of carbonyl (C=O) groups is 2. The quantitative estimate of drug-likeness (QED) is 0.200. The van der Waals surface area contributed by atoms with Crippen LogP contribution < -0.4 is 15.8 Å². The van der Waals surface area contributed by atoms with Crippen LogP contribution in [0.1, 0.15) is 70.8 Å². The number of ether oxygens (including phenoxy) is 1. The molecule has 0 aliphatic heterocycles. The topological polar surface area (TPSA) is 117 Å². The van der Waals surface area contributed by atoms with Crippen molar-refractivity contribution in [2.75, 3.05) is 13.7 Å².